The second kappa shape index (κ2) is 6.81. The number of ketones is 1. The van der Waals surface area contributed by atoms with Gasteiger partial charge in [0.15, 0.2) is 0 Å². The standard InChI is InChI=1S/C14H24O/c1-3-7-12(8-4-2)11-13-9-5-6-10-14(13)15/h3,12-13H,1,4-11H2,2H3. The molecule has 15 heavy (non-hydrogen) atoms. The molecule has 86 valence electrons. The van der Waals surface area contributed by atoms with Crippen LogP contribution in [0, 0.1) is 11.8 Å². The third-order valence-corrected chi connectivity index (χ3v) is 3.50. The predicted octanol–water partition coefficient (Wildman–Crippen LogP) is 4.13. The van der Waals surface area contributed by atoms with E-state index in [1.165, 1.54) is 19.3 Å². The van der Waals surface area contributed by atoms with E-state index in [0.29, 0.717) is 17.6 Å². The van der Waals surface area contributed by atoms with Crippen molar-refractivity contribution >= 4 is 5.78 Å². The van der Waals surface area contributed by atoms with Crippen molar-refractivity contribution in [2.24, 2.45) is 11.8 Å². The van der Waals surface area contributed by atoms with Gasteiger partial charge in [0.05, 0.1) is 0 Å². The fraction of sp³-hybridized carbons (Fsp3) is 0.786. The number of hydrogen-bond donors (Lipinski definition) is 0. The molecule has 1 nitrogen and oxygen atoms in total. The van der Waals surface area contributed by atoms with E-state index in [0.717, 1.165) is 32.1 Å². The number of Topliss-reactive ketones (excluding diaryl/α,β-unsaturated/α-hetero) is 1. The molecule has 0 heterocycles. The summed E-state index contributed by atoms with van der Waals surface area (Å²) in [5.74, 6) is 1.58. The van der Waals surface area contributed by atoms with Crippen molar-refractivity contribution in [3.63, 3.8) is 0 Å². The summed E-state index contributed by atoms with van der Waals surface area (Å²) in [5.41, 5.74) is 0. The molecule has 2 atom stereocenters. The van der Waals surface area contributed by atoms with Crippen molar-refractivity contribution in [2.45, 2.75) is 58.3 Å². The van der Waals surface area contributed by atoms with E-state index in [9.17, 15) is 4.79 Å². The van der Waals surface area contributed by atoms with Crippen LogP contribution in [0.1, 0.15) is 58.3 Å². The zero-order valence-corrected chi connectivity index (χ0v) is 10.0. The molecule has 0 saturated heterocycles. The molecule has 0 aromatic rings. The van der Waals surface area contributed by atoms with Gasteiger partial charge in [-0.15, -0.1) is 6.58 Å². The molecule has 2 unspecified atom stereocenters. The average Bonchev–Trinajstić information content (AvgIpc) is 2.22. The smallest absolute Gasteiger partial charge is 0.135 e. The first-order valence-corrected chi connectivity index (χ1v) is 6.41. The first kappa shape index (κ1) is 12.5. The Morgan fingerprint density at radius 1 is 1.53 bits per heavy atom. The first-order chi connectivity index (χ1) is 7.27. The minimum atomic E-state index is 0.371. The molecule has 0 N–H and O–H groups in total. The lowest BCUT2D eigenvalue weighted by molar-refractivity contribution is -0.125. The van der Waals surface area contributed by atoms with Crippen molar-refractivity contribution in [3.8, 4) is 0 Å². The number of rotatable bonds is 6. The quantitative estimate of drug-likeness (QED) is 0.600. The summed E-state index contributed by atoms with van der Waals surface area (Å²) in [6.45, 7) is 6.03. The van der Waals surface area contributed by atoms with Gasteiger partial charge in [0, 0.05) is 12.3 Å². The summed E-state index contributed by atoms with van der Waals surface area (Å²) in [7, 11) is 0. The molecule has 0 spiro atoms. The molecule has 0 aliphatic heterocycles. The van der Waals surface area contributed by atoms with Gasteiger partial charge in [0.25, 0.3) is 0 Å². The monoisotopic (exact) mass is 208 g/mol. The normalized spacial score (nSPS) is 23.8. The van der Waals surface area contributed by atoms with Crippen LogP contribution >= 0.6 is 0 Å². The summed E-state index contributed by atoms with van der Waals surface area (Å²) >= 11 is 0. The van der Waals surface area contributed by atoms with Crippen LogP contribution in [-0.2, 0) is 4.79 Å². The fourth-order valence-electron chi connectivity index (χ4n) is 2.68. The molecule has 1 aliphatic rings. The largest absolute Gasteiger partial charge is 0.299 e. The highest BCUT2D eigenvalue weighted by Crippen LogP contribution is 2.29. The Kier molecular flexibility index (Phi) is 5.67. The maximum Gasteiger partial charge on any atom is 0.135 e. The van der Waals surface area contributed by atoms with Crippen molar-refractivity contribution in [2.75, 3.05) is 0 Å². The molecule has 0 aromatic carbocycles. The third kappa shape index (κ3) is 4.19. The number of allylic oxidation sites excluding steroid dienone is 1. The van der Waals surface area contributed by atoms with Gasteiger partial charge < -0.3 is 0 Å². The molecular formula is C14H24O. The Hall–Kier alpha value is -0.590. The molecule has 1 rings (SSSR count). The summed E-state index contributed by atoms with van der Waals surface area (Å²) in [5, 5.41) is 0. The van der Waals surface area contributed by atoms with Gasteiger partial charge in [-0.05, 0) is 31.6 Å². The van der Waals surface area contributed by atoms with E-state index in [-0.39, 0.29) is 0 Å². The van der Waals surface area contributed by atoms with Gasteiger partial charge in [-0.3, -0.25) is 4.79 Å². The second-order valence-electron chi connectivity index (χ2n) is 4.82. The van der Waals surface area contributed by atoms with Crippen molar-refractivity contribution in [1.82, 2.24) is 0 Å². The first-order valence-electron chi connectivity index (χ1n) is 6.41. The zero-order chi connectivity index (χ0) is 11.1. The lowest BCUT2D eigenvalue weighted by atomic mass is 9.80. The van der Waals surface area contributed by atoms with E-state index in [4.69, 9.17) is 0 Å². The molecular weight excluding hydrogens is 184 g/mol. The van der Waals surface area contributed by atoms with Crippen LogP contribution < -0.4 is 0 Å². The van der Waals surface area contributed by atoms with Crippen LogP contribution in [-0.4, -0.2) is 5.78 Å². The Morgan fingerprint density at radius 3 is 2.93 bits per heavy atom. The number of carbonyl (C=O) groups is 1. The molecule has 0 radical (unpaired) electrons. The number of hydrogen-bond acceptors (Lipinski definition) is 1. The number of carbonyl (C=O) groups excluding carboxylic acids is 1. The Bertz CT molecular complexity index is 207. The van der Waals surface area contributed by atoms with E-state index in [1.54, 1.807) is 0 Å². The highest BCUT2D eigenvalue weighted by molar-refractivity contribution is 5.81. The Balaban J connectivity index is 2.40. The minimum Gasteiger partial charge on any atom is -0.299 e. The maximum absolute atomic E-state index is 11.7. The molecule has 1 aliphatic carbocycles. The zero-order valence-electron chi connectivity index (χ0n) is 10.0. The van der Waals surface area contributed by atoms with E-state index in [1.807, 2.05) is 6.08 Å². The van der Waals surface area contributed by atoms with Gasteiger partial charge in [-0.25, -0.2) is 0 Å². The van der Waals surface area contributed by atoms with E-state index < -0.39 is 0 Å². The van der Waals surface area contributed by atoms with Crippen molar-refractivity contribution < 1.29 is 4.79 Å². The molecule has 1 fully saturated rings. The van der Waals surface area contributed by atoms with E-state index >= 15 is 0 Å². The lowest BCUT2D eigenvalue weighted by Crippen LogP contribution is -2.21. The van der Waals surface area contributed by atoms with Crippen LogP contribution in [0.2, 0.25) is 0 Å². The summed E-state index contributed by atoms with van der Waals surface area (Å²) < 4.78 is 0. The van der Waals surface area contributed by atoms with Gasteiger partial charge in [0.1, 0.15) is 5.78 Å². The molecule has 0 amide bonds. The summed E-state index contributed by atoms with van der Waals surface area (Å²) in [4.78, 5) is 11.7. The van der Waals surface area contributed by atoms with Crippen LogP contribution in [0.25, 0.3) is 0 Å². The predicted molar refractivity (Wildman–Crippen MR) is 64.8 cm³/mol. The summed E-state index contributed by atoms with van der Waals surface area (Å²) in [6, 6.07) is 0. The van der Waals surface area contributed by atoms with Crippen LogP contribution in [0.5, 0.6) is 0 Å². The summed E-state index contributed by atoms with van der Waals surface area (Å²) in [6.07, 6.45) is 11.0. The van der Waals surface area contributed by atoms with Gasteiger partial charge in [0.2, 0.25) is 0 Å². The second-order valence-corrected chi connectivity index (χ2v) is 4.82. The highest BCUT2D eigenvalue weighted by atomic mass is 16.1. The Morgan fingerprint density at radius 2 is 2.33 bits per heavy atom. The molecule has 1 saturated carbocycles. The Labute approximate surface area is 93.9 Å². The molecule has 0 aromatic heterocycles. The highest BCUT2D eigenvalue weighted by Gasteiger charge is 2.24. The van der Waals surface area contributed by atoms with Crippen molar-refractivity contribution in [1.29, 1.82) is 0 Å². The molecule has 0 bridgehead atoms. The van der Waals surface area contributed by atoms with Gasteiger partial charge in [-0.2, -0.15) is 0 Å². The lowest BCUT2D eigenvalue weighted by Gasteiger charge is -2.24. The van der Waals surface area contributed by atoms with Gasteiger partial charge in [-0.1, -0.05) is 32.3 Å². The third-order valence-electron chi connectivity index (χ3n) is 3.50. The minimum absolute atomic E-state index is 0.371. The average molecular weight is 208 g/mol. The van der Waals surface area contributed by atoms with Crippen LogP contribution in [0.4, 0.5) is 0 Å². The van der Waals surface area contributed by atoms with Crippen molar-refractivity contribution in [3.05, 3.63) is 12.7 Å². The SMILES string of the molecule is C=CCC(CCC)CC1CCCCC1=O. The van der Waals surface area contributed by atoms with E-state index in [2.05, 4.69) is 13.5 Å². The van der Waals surface area contributed by atoms with Crippen LogP contribution in [0.3, 0.4) is 0 Å². The maximum atomic E-state index is 11.7. The van der Waals surface area contributed by atoms with Gasteiger partial charge >= 0.3 is 0 Å². The van der Waals surface area contributed by atoms with Crippen LogP contribution in [0.15, 0.2) is 12.7 Å². The fourth-order valence-corrected chi connectivity index (χ4v) is 2.68. The molecule has 1 heteroatoms. The topological polar surface area (TPSA) is 17.1 Å².